The maximum atomic E-state index is 12.1. The molecule has 3 rings (SSSR count). The lowest BCUT2D eigenvalue weighted by molar-refractivity contribution is -0.118. The van der Waals surface area contributed by atoms with Crippen LogP contribution in [0.1, 0.15) is 29.1 Å². The first kappa shape index (κ1) is 14.0. The zero-order valence-corrected chi connectivity index (χ0v) is 13.3. The third-order valence-corrected chi connectivity index (χ3v) is 4.60. The van der Waals surface area contributed by atoms with E-state index in [0.29, 0.717) is 12.8 Å². The summed E-state index contributed by atoms with van der Waals surface area (Å²) in [7, 11) is 1.94. The molecule has 0 atom stereocenters. The molecule has 21 heavy (non-hydrogen) atoms. The molecule has 0 saturated carbocycles. The largest absolute Gasteiger partial charge is 0.299 e. The second-order valence-electron chi connectivity index (χ2n) is 5.31. The highest BCUT2D eigenvalue weighted by Gasteiger charge is 2.13. The van der Waals surface area contributed by atoms with Gasteiger partial charge in [-0.25, -0.2) is 4.98 Å². The zero-order valence-electron chi connectivity index (χ0n) is 12.5. The molecule has 0 saturated heterocycles. The molecule has 0 spiro atoms. The fraction of sp³-hybridized carbons (Fsp3) is 0.400. The smallest absolute Gasteiger partial charge is 0.193 e. The Kier molecular flexibility index (Phi) is 3.63. The van der Waals surface area contributed by atoms with E-state index >= 15 is 0 Å². The van der Waals surface area contributed by atoms with E-state index in [-0.39, 0.29) is 5.78 Å². The molecule has 110 valence electrons. The van der Waals surface area contributed by atoms with Gasteiger partial charge >= 0.3 is 0 Å². The van der Waals surface area contributed by atoms with Gasteiger partial charge < -0.3 is 0 Å². The summed E-state index contributed by atoms with van der Waals surface area (Å²) in [5.41, 5.74) is 4.20. The fourth-order valence-corrected chi connectivity index (χ4v) is 3.31. The number of carbonyl (C=O) groups excluding carboxylic acids is 1. The van der Waals surface area contributed by atoms with Crippen molar-refractivity contribution in [3.8, 4) is 0 Å². The molecule has 3 aromatic heterocycles. The van der Waals surface area contributed by atoms with Crippen LogP contribution in [0.15, 0.2) is 17.8 Å². The van der Waals surface area contributed by atoms with E-state index in [2.05, 4.69) is 10.1 Å². The molecule has 0 aliphatic heterocycles. The number of carbonyl (C=O) groups is 1. The predicted molar refractivity (Wildman–Crippen MR) is 82.8 cm³/mol. The van der Waals surface area contributed by atoms with E-state index in [1.807, 2.05) is 47.8 Å². The lowest BCUT2D eigenvalue weighted by atomic mass is 10.0. The molecule has 6 heteroatoms. The van der Waals surface area contributed by atoms with Crippen molar-refractivity contribution in [2.45, 2.75) is 33.1 Å². The minimum atomic E-state index is 0.225. The number of fused-ring (bicyclic) bond motifs is 1. The first-order chi connectivity index (χ1) is 10.0. The second-order valence-corrected chi connectivity index (χ2v) is 6.19. The highest BCUT2D eigenvalue weighted by atomic mass is 32.1. The molecular formula is C15H18N4OS. The first-order valence-corrected chi connectivity index (χ1v) is 7.84. The van der Waals surface area contributed by atoms with Gasteiger partial charge in [0.2, 0.25) is 0 Å². The molecule has 0 unspecified atom stereocenters. The molecule has 3 aromatic rings. The van der Waals surface area contributed by atoms with Crippen molar-refractivity contribution < 1.29 is 4.79 Å². The molecular weight excluding hydrogens is 284 g/mol. The van der Waals surface area contributed by atoms with Crippen LogP contribution in [0, 0.1) is 13.8 Å². The van der Waals surface area contributed by atoms with Crippen LogP contribution in [-0.4, -0.2) is 24.9 Å². The average molecular weight is 302 g/mol. The van der Waals surface area contributed by atoms with Gasteiger partial charge in [0, 0.05) is 36.9 Å². The molecule has 0 aliphatic rings. The fourth-order valence-electron chi connectivity index (χ4n) is 2.60. The summed E-state index contributed by atoms with van der Waals surface area (Å²) in [5, 5.41) is 6.37. The van der Waals surface area contributed by atoms with Gasteiger partial charge in [-0.05, 0) is 25.8 Å². The van der Waals surface area contributed by atoms with Crippen LogP contribution in [0.5, 0.6) is 0 Å². The Morgan fingerprint density at radius 2 is 2.19 bits per heavy atom. The molecule has 0 fully saturated rings. The lowest BCUT2D eigenvalue weighted by Crippen LogP contribution is -2.05. The van der Waals surface area contributed by atoms with Gasteiger partial charge in [-0.3, -0.25) is 13.9 Å². The highest BCUT2D eigenvalue weighted by Crippen LogP contribution is 2.16. The Morgan fingerprint density at radius 1 is 1.38 bits per heavy atom. The van der Waals surface area contributed by atoms with Gasteiger partial charge in [-0.15, -0.1) is 11.3 Å². The summed E-state index contributed by atoms with van der Waals surface area (Å²) in [6.45, 7) is 4.04. The number of ketones is 1. The third kappa shape index (κ3) is 2.76. The standard InChI is InChI=1S/C15H18N4OS/c1-10-14(11(2)18(3)17-10)5-4-13(20)8-12-9-19-6-7-21-15(19)16-12/h6-7,9H,4-5,8H2,1-3H3. The summed E-state index contributed by atoms with van der Waals surface area (Å²) >= 11 is 1.58. The van der Waals surface area contributed by atoms with Gasteiger partial charge in [0.05, 0.1) is 17.8 Å². The van der Waals surface area contributed by atoms with Crippen LogP contribution >= 0.6 is 11.3 Å². The maximum absolute atomic E-state index is 12.1. The number of thiazole rings is 1. The van der Waals surface area contributed by atoms with Crippen molar-refractivity contribution >= 4 is 22.1 Å². The molecule has 0 amide bonds. The monoisotopic (exact) mass is 302 g/mol. The van der Waals surface area contributed by atoms with Gasteiger partial charge in [0.25, 0.3) is 0 Å². The Balaban J connectivity index is 1.63. The van der Waals surface area contributed by atoms with Crippen molar-refractivity contribution in [3.63, 3.8) is 0 Å². The lowest BCUT2D eigenvalue weighted by Gasteiger charge is -2.01. The van der Waals surface area contributed by atoms with Crippen molar-refractivity contribution in [1.29, 1.82) is 0 Å². The van der Waals surface area contributed by atoms with Crippen molar-refractivity contribution in [2.24, 2.45) is 7.05 Å². The van der Waals surface area contributed by atoms with E-state index in [9.17, 15) is 4.79 Å². The molecule has 5 nitrogen and oxygen atoms in total. The van der Waals surface area contributed by atoms with Crippen LogP contribution in [0.3, 0.4) is 0 Å². The minimum absolute atomic E-state index is 0.225. The van der Waals surface area contributed by atoms with Crippen LogP contribution in [-0.2, 0) is 24.7 Å². The molecule has 0 aromatic carbocycles. The normalized spacial score (nSPS) is 11.4. The summed E-state index contributed by atoms with van der Waals surface area (Å²) in [6.07, 6.45) is 5.60. The van der Waals surface area contributed by atoms with Gasteiger partial charge in [0.1, 0.15) is 5.78 Å². The molecule has 0 aliphatic carbocycles. The van der Waals surface area contributed by atoms with Crippen molar-refractivity contribution in [1.82, 2.24) is 19.2 Å². The van der Waals surface area contributed by atoms with Crippen LogP contribution in [0.2, 0.25) is 0 Å². The summed E-state index contributed by atoms with van der Waals surface area (Å²) in [4.78, 5) is 17.5. The number of hydrogen-bond acceptors (Lipinski definition) is 4. The Bertz CT molecular complexity index is 767. The number of hydrogen-bond donors (Lipinski definition) is 0. The number of Topliss-reactive ketones (excluding diaryl/α,β-unsaturated/α-hetero) is 1. The van der Waals surface area contributed by atoms with E-state index in [1.54, 1.807) is 11.3 Å². The summed E-state index contributed by atoms with van der Waals surface area (Å²) in [6, 6.07) is 0. The van der Waals surface area contributed by atoms with Crippen LogP contribution < -0.4 is 0 Å². The number of rotatable bonds is 5. The van der Waals surface area contributed by atoms with Crippen molar-refractivity contribution in [3.05, 3.63) is 40.4 Å². The maximum Gasteiger partial charge on any atom is 0.193 e. The minimum Gasteiger partial charge on any atom is -0.299 e. The predicted octanol–water partition coefficient (Wildman–Crippen LogP) is 2.49. The van der Waals surface area contributed by atoms with E-state index < -0.39 is 0 Å². The summed E-state index contributed by atoms with van der Waals surface area (Å²) in [5.74, 6) is 0.225. The number of imidazole rings is 1. The molecule has 0 radical (unpaired) electrons. The Labute approximate surface area is 127 Å². The third-order valence-electron chi connectivity index (χ3n) is 3.83. The van der Waals surface area contributed by atoms with Gasteiger partial charge in [0.15, 0.2) is 4.96 Å². The van der Waals surface area contributed by atoms with Crippen LogP contribution in [0.4, 0.5) is 0 Å². The Hall–Kier alpha value is -1.95. The van der Waals surface area contributed by atoms with E-state index in [0.717, 1.165) is 28.5 Å². The second kappa shape index (κ2) is 5.44. The average Bonchev–Trinajstić information content (AvgIpc) is 3.04. The molecule has 3 heterocycles. The number of nitrogens with zero attached hydrogens (tertiary/aromatic N) is 4. The number of aryl methyl sites for hydroxylation is 2. The summed E-state index contributed by atoms with van der Waals surface area (Å²) < 4.78 is 3.83. The molecule has 0 bridgehead atoms. The quantitative estimate of drug-likeness (QED) is 0.727. The van der Waals surface area contributed by atoms with Gasteiger partial charge in [-0.1, -0.05) is 0 Å². The Morgan fingerprint density at radius 3 is 2.86 bits per heavy atom. The van der Waals surface area contributed by atoms with E-state index in [1.165, 1.54) is 5.56 Å². The topological polar surface area (TPSA) is 52.2 Å². The first-order valence-electron chi connectivity index (χ1n) is 6.96. The van der Waals surface area contributed by atoms with Crippen LogP contribution in [0.25, 0.3) is 4.96 Å². The van der Waals surface area contributed by atoms with E-state index in [4.69, 9.17) is 0 Å². The highest BCUT2D eigenvalue weighted by molar-refractivity contribution is 7.15. The van der Waals surface area contributed by atoms with Gasteiger partial charge in [-0.2, -0.15) is 5.10 Å². The van der Waals surface area contributed by atoms with Crippen molar-refractivity contribution in [2.75, 3.05) is 0 Å². The number of aromatic nitrogens is 4. The zero-order chi connectivity index (χ0) is 15.0. The molecule has 0 N–H and O–H groups in total. The SMILES string of the molecule is Cc1nn(C)c(C)c1CCC(=O)Cc1cn2ccsc2n1.